The lowest BCUT2D eigenvalue weighted by Gasteiger charge is -2.11. The van der Waals surface area contributed by atoms with Crippen LogP contribution in [0.4, 0.5) is 0 Å². The van der Waals surface area contributed by atoms with Crippen LogP contribution in [0.25, 0.3) is 66.3 Å². The molecule has 38 heavy (non-hydrogen) atoms. The summed E-state index contributed by atoms with van der Waals surface area (Å²) in [7, 11) is 0. The van der Waals surface area contributed by atoms with Crippen LogP contribution in [-0.2, 0) is 0 Å². The van der Waals surface area contributed by atoms with Crippen LogP contribution >= 0.6 is 0 Å². The lowest BCUT2D eigenvalue weighted by Crippen LogP contribution is -1.98. The fourth-order valence-electron chi connectivity index (χ4n) is 5.96. The van der Waals surface area contributed by atoms with Gasteiger partial charge in [-0.3, -0.25) is 0 Å². The summed E-state index contributed by atoms with van der Waals surface area (Å²) in [5.74, 6) is 0. The summed E-state index contributed by atoms with van der Waals surface area (Å²) in [5.41, 5.74) is 13.0. The molecule has 0 fully saturated rings. The van der Waals surface area contributed by atoms with Crippen molar-refractivity contribution in [2.75, 3.05) is 0 Å². The number of aromatic nitrogens is 4. The van der Waals surface area contributed by atoms with Crippen molar-refractivity contribution in [2.45, 2.75) is 13.8 Å². The van der Waals surface area contributed by atoms with E-state index >= 15 is 0 Å². The van der Waals surface area contributed by atoms with Crippen molar-refractivity contribution >= 4 is 54.9 Å². The zero-order valence-electron chi connectivity index (χ0n) is 21.2. The number of benzene rings is 4. The van der Waals surface area contributed by atoms with Gasteiger partial charge in [0.1, 0.15) is 0 Å². The minimum absolute atomic E-state index is 0.898. The van der Waals surface area contributed by atoms with Gasteiger partial charge in [0, 0.05) is 22.1 Å². The molecule has 8 rings (SSSR count). The third-order valence-electron chi connectivity index (χ3n) is 7.75. The maximum absolute atomic E-state index is 5.26. The highest BCUT2D eigenvalue weighted by Gasteiger charge is 2.19. The lowest BCUT2D eigenvalue weighted by molar-refractivity contribution is 1.14. The Morgan fingerprint density at radius 3 is 1.29 bits per heavy atom. The lowest BCUT2D eigenvalue weighted by atomic mass is 10.2. The van der Waals surface area contributed by atoms with E-state index in [0.29, 0.717) is 0 Å². The van der Waals surface area contributed by atoms with Crippen LogP contribution in [0.15, 0.2) is 109 Å². The summed E-state index contributed by atoms with van der Waals surface area (Å²) in [6, 6.07) is 38.5. The number of para-hydroxylation sites is 4. The molecule has 0 unspecified atom stereocenters. The first-order valence-corrected chi connectivity index (χ1v) is 13.0. The van der Waals surface area contributed by atoms with Crippen LogP contribution in [-0.4, -0.2) is 19.1 Å². The molecular formula is C34H24N4. The highest BCUT2D eigenvalue weighted by Crippen LogP contribution is 2.37. The van der Waals surface area contributed by atoms with Crippen molar-refractivity contribution < 1.29 is 0 Å². The van der Waals surface area contributed by atoms with Crippen molar-refractivity contribution in [1.29, 1.82) is 0 Å². The number of rotatable bonds is 2. The van der Waals surface area contributed by atoms with Gasteiger partial charge in [-0.2, -0.15) is 0 Å². The van der Waals surface area contributed by atoms with Gasteiger partial charge in [-0.15, -0.1) is 0 Å². The van der Waals surface area contributed by atoms with E-state index < -0.39 is 0 Å². The SMILES string of the molecule is Cc1ccccc1-n1c2ccccc2c2nc3cc4c(nc3cc21)c1ccccc1n4-c1ccccc1C. The Hall–Kier alpha value is -4.96. The summed E-state index contributed by atoms with van der Waals surface area (Å²) in [4.78, 5) is 10.5. The first kappa shape index (κ1) is 21.2. The van der Waals surface area contributed by atoms with Crippen LogP contribution in [0.5, 0.6) is 0 Å². The number of pyridine rings is 2. The van der Waals surface area contributed by atoms with Crippen LogP contribution in [0, 0.1) is 13.8 Å². The Labute approximate surface area is 219 Å². The molecule has 4 heteroatoms. The molecule has 0 N–H and O–H groups in total. The first-order valence-electron chi connectivity index (χ1n) is 13.0. The van der Waals surface area contributed by atoms with Gasteiger partial charge >= 0.3 is 0 Å². The van der Waals surface area contributed by atoms with E-state index in [1.165, 1.54) is 11.1 Å². The number of hydrogen-bond donors (Lipinski definition) is 0. The Morgan fingerprint density at radius 2 is 0.842 bits per heavy atom. The van der Waals surface area contributed by atoms with Gasteiger partial charge in [-0.25, -0.2) is 9.97 Å². The van der Waals surface area contributed by atoms with Crippen LogP contribution in [0.2, 0.25) is 0 Å². The van der Waals surface area contributed by atoms with Crippen molar-refractivity contribution in [1.82, 2.24) is 19.1 Å². The van der Waals surface area contributed by atoms with Crippen LogP contribution in [0.3, 0.4) is 0 Å². The van der Waals surface area contributed by atoms with Gasteiger partial charge in [0.25, 0.3) is 0 Å². The quantitative estimate of drug-likeness (QED) is 0.245. The molecule has 0 aliphatic carbocycles. The van der Waals surface area contributed by atoms with Crippen molar-refractivity contribution in [3.05, 3.63) is 120 Å². The molecule has 0 atom stereocenters. The van der Waals surface area contributed by atoms with E-state index in [2.05, 4.69) is 132 Å². The minimum Gasteiger partial charge on any atom is -0.307 e. The average Bonchev–Trinajstić information content (AvgIpc) is 3.43. The summed E-state index contributed by atoms with van der Waals surface area (Å²) in [6.45, 7) is 4.32. The second kappa shape index (κ2) is 7.77. The van der Waals surface area contributed by atoms with Gasteiger partial charge in [0.05, 0.1) is 44.1 Å². The van der Waals surface area contributed by atoms with Crippen LogP contribution < -0.4 is 0 Å². The molecule has 0 saturated heterocycles. The molecule has 0 saturated carbocycles. The van der Waals surface area contributed by atoms with Gasteiger partial charge in [-0.05, 0) is 61.4 Å². The maximum atomic E-state index is 5.26. The zero-order chi connectivity index (χ0) is 25.4. The molecule has 4 nitrogen and oxygen atoms in total. The molecule has 0 aliphatic rings. The molecule has 4 aromatic carbocycles. The van der Waals surface area contributed by atoms with Gasteiger partial charge in [-0.1, -0.05) is 72.8 Å². The molecule has 4 aromatic heterocycles. The predicted molar refractivity (Wildman–Crippen MR) is 158 cm³/mol. The summed E-state index contributed by atoms with van der Waals surface area (Å²) < 4.78 is 4.66. The van der Waals surface area contributed by atoms with Crippen molar-refractivity contribution in [3.63, 3.8) is 0 Å². The fourth-order valence-corrected chi connectivity index (χ4v) is 5.96. The zero-order valence-corrected chi connectivity index (χ0v) is 21.2. The topological polar surface area (TPSA) is 35.6 Å². The molecule has 0 radical (unpaired) electrons. The Morgan fingerprint density at radius 1 is 0.447 bits per heavy atom. The van der Waals surface area contributed by atoms with E-state index in [1.807, 2.05) is 0 Å². The largest absolute Gasteiger partial charge is 0.307 e. The predicted octanol–water partition coefficient (Wildman–Crippen LogP) is 8.44. The molecule has 0 spiro atoms. The summed E-state index contributed by atoms with van der Waals surface area (Å²) >= 11 is 0. The fraction of sp³-hybridized carbons (Fsp3) is 0.0588. The normalized spacial score (nSPS) is 11.9. The molecular weight excluding hydrogens is 464 g/mol. The van der Waals surface area contributed by atoms with Crippen molar-refractivity contribution in [2.24, 2.45) is 0 Å². The standard InChI is InChI=1S/C34H24N4/c1-21-11-3-7-15-27(21)37-29-17-9-5-13-23(29)33-31(37)19-25-26(35-33)20-32-34(36-25)24-14-6-10-18-30(24)38(32)28-16-8-4-12-22(28)2/h3-20H,1-2H3. The first-order chi connectivity index (χ1) is 18.7. The molecule has 4 heterocycles. The summed E-state index contributed by atoms with van der Waals surface area (Å²) in [6.07, 6.45) is 0. The molecule has 180 valence electrons. The third-order valence-corrected chi connectivity index (χ3v) is 7.75. The van der Waals surface area contributed by atoms with E-state index in [9.17, 15) is 0 Å². The van der Waals surface area contributed by atoms with Crippen molar-refractivity contribution in [3.8, 4) is 11.4 Å². The highest BCUT2D eigenvalue weighted by atomic mass is 15.0. The van der Waals surface area contributed by atoms with Gasteiger partial charge in [0.15, 0.2) is 0 Å². The van der Waals surface area contributed by atoms with E-state index in [1.54, 1.807) is 0 Å². The Bertz CT molecular complexity index is 2060. The second-order valence-corrected chi connectivity index (χ2v) is 10.0. The average molecular weight is 489 g/mol. The summed E-state index contributed by atoms with van der Waals surface area (Å²) in [5, 5.41) is 2.29. The third kappa shape index (κ3) is 2.86. The Balaban J connectivity index is 1.53. The monoisotopic (exact) mass is 488 g/mol. The molecule has 0 bridgehead atoms. The molecule has 8 aromatic rings. The number of aryl methyl sites for hydroxylation is 2. The molecule has 0 amide bonds. The van der Waals surface area contributed by atoms with E-state index in [0.717, 1.165) is 66.3 Å². The smallest absolute Gasteiger partial charge is 0.0972 e. The molecule has 0 aliphatic heterocycles. The number of fused-ring (bicyclic) bond motifs is 7. The van der Waals surface area contributed by atoms with Gasteiger partial charge in [0.2, 0.25) is 0 Å². The van der Waals surface area contributed by atoms with E-state index in [-0.39, 0.29) is 0 Å². The van der Waals surface area contributed by atoms with Gasteiger partial charge < -0.3 is 9.13 Å². The second-order valence-electron chi connectivity index (χ2n) is 10.0. The van der Waals surface area contributed by atoms with Crippen LogP contribution in [0.1, 0.15) is 11.1 Å². The maximum Gasteiger partial charge on any atom is 0.0972 e. The Kier molecular flexibility index (Phi) is 4.32. The number of hydrogen-bond acceptors (Lipinski definition) is 2. The highest BCUT2D eigenvalue weighted by molar-refractivity contribution is 6.13. The number of nitrogens with zero attached hydrogens (tertiary/aromatic N) is 4. The minimum atomic E-state index is 0.898. The van der Waals surface area contributed by atoms with E-state index in [4.69, 9.17) is 9.97 Å².